The van der Waals surface area contributed by atoms with Gasteiger partial charge < -0.3 is 15.2 Å². The average molecular weight is 248 g/mol. The van der Waals surface area contributed by atoms with E-state index >= 15 is 0 Å². The lowest BCUT2D eigenvalue weighted by Gasteiger charge is -2.22. The third-order valence-corrected chi connectivity index (χ3v) is 2.82. The van der Waals surface area contributed by atoms with Gasteiger partial charge in [0.25, 0.3) is 0 Å². The van der Waals surface area contributed by atoms with Gasteiger partial charge in [0.15, 0.2) is 11.5 Å². The predicted molar refractivity (Wildman–Crippen MR) is 72.7 cm³/mol. The van der Waals surface area contributed by atoms with Crippen LogP contribution in [0.1, 0.15) is 20.8 Å². The highest BCUT2D eigenvalue weighted by Crippen LogP contribution is 2.18. The molecule has 0 spiro atoms. The van der Waals surface area contributed by atoms with Crippen molar-refractivity contribution < 1.29 is 0 Å². The summed E-state index contributed by atoms with van der Waals surface area (Å²) in [6.45, 7) is 9.18. The molecule has 2 aromatic rings. The Morgan fingerprint density at radius 2 is 2.17 bits per heavy atom. The minimum atomic E-state index is 0.501. The molecule has 0 radical (unpaired) electrons. The van der Waals surface area contributed by atoms with Gasteiger partial charge in [-0.25, -0.2) is 15.0 Å². The Labute approximate surface area is 107 Å². The van der Waals surface area contributed by atoms with Crippen molar-refractivity contribution in [1.29, 1.82) is 0 Å². The van der Waals surface area contributed by atoms with Gasteiger partial charge in [0.1, 0.15) is 11.8 Å². The first-order valence-electron chi connectivity index (χ1n) is 6.34. The monoisotopic (exact) mass is 248 g/mol. The molecule has 2 heterocycles. The molecule has 0 aliphatic rings. The zero-order valence-electron chi connectivity index (χ0n) is 11.1. The van der Waals surface area contributed by atoms with Crippen molar-refractivity contribution in [3.8, 4) is 0 Å². The van der Waals surface area contributed by atoms with Crippen molar-refractivity contribution in [3.63, 3.8) is 0 Å². The summed E-state index contributed by atoms with van der Waals surface area (Å²) in [6.07, 6.45) is 3.22. The summed E-state index contributed by atoms with van der Waals surface area (Å²) in [5.74, 6) is 0.922. The zero-order valence-corrected chi connectivity index (χ0v) is 11.1. The third-order valence-electron chi connectivity index (χ3n) is 2.82. The van der Waals surface area contributed by atoms with Gasteiger partial charge in [0.2, 0.25) is 0 Å². The number of H-pyrrole nitrogens is 1. The fourth-order valence-electron chi connectivity index (χ4n) is 1.89. The first kappa shape index (κ1) is 12.8. The molecule has 98 valence electrons. The van der Waals surface area contributed by atoms with Crippen LogP contribution in [0.25, 0.3) is 11.2 Å². The van der Waals surface area contributed by atoms with Crippen LogP contribution >= 0.6 is 0 Å². The van der Waals surface area contributed by atoms with Crippen LogP contribution in [0, 0.1) is 0 Å². The SMILES string of the molecule is CCN(CCNC(C)C)c1ncnc2nc[nH]c12. The van der Waals surface area contributed by atoms with Gasteiger partial charge in [0, 0.05) is 25.7 Å². The van der Waals surface area contributed by atoms with E-state index in [1.165, 1.54) is 0 Å². The molecule has 6 nitrogen and oxygen atoms in total. The normalized spacial score (nSPS) is 11.3. The summed E-state index contributed by atoms with van der Waals surface area (Å²) >= 11 is 0. The highest BCUT2D eigenvalue weighted by molar-refractivity contribution is 5.82. The van der Waals surface area contributed by atoms with Crippen molar-refractivity contribution in [2.75, 3.05) is 24.5 Å². The summed E-state index contributed by atoms with van der Waals surface area (Å²) in [7, 11) is 0. The summed E-state index contributed by atoms with van der Waals surface area (Å²) in [5, 5.41) is 3.41. The second-order valence-corrected chi connectivity index (χ2v) is 4.49. The molecule has 18 heavy (non-hydrogen) atoms. The van der Waals surface area contributed by atoms with Crippen LogP contribution in [0.2, 0.25) is 0 Å². The first-order valence-corrected chi connectivity index (χ1v) is 6.34. The minimum absolute atomic E-state index is 0.501. The number of nitrogens with one attached hydrogen (secondary N) is 2. The molecule has 0 aliphatic heterocycles. The van der Waals surface area contributed by atoms with E-state index in [0.717, 1.165) is 36.6 Å². The van der Waals surface area contributed by atoms with Crippen molar-refractivity contribution in [3.05, 3.63) is 12.7 Å². The Kier molecular flexibility index (Phi) is 4.09. The number of aromatic amines is 1. The number of hydrogen-bond acceptors (Lipinski definition) is 5. The summed E-state index contributed by atoms with van der Waals surface area (Å²) in [6, 6.07) is 0.501. The minimum Gasteiger partial charge on any atom is -0.354 e. The predicted octanol–water partition coefficient (Wildman–Crippen LogP) is 1.18. The molecule has 2 N–H and O–H groups in total. The molecule has 2 rings (SSSR count). The second kappa shape index (κ2) is 5.77. The Morgan fingerprint density at radius 3 is 2.89 bits per heavy atom. The highest BCUT2D eigenvalue weighted by Gasteiger charge is 2.12. The Balaban J connectivity index is 2.14. The number of aromatic nitrogens is 4. The van der Waals surface area contributed by atoms with Gasteiger partial charge in [-0.05, 0) is 6.92 Å². The molecule has 6 heteroatoms. The van der Waals surface area contributed by atoms with Crippen LogP contribution in [0.15, 0.2) is 12.7 Å². The molecule has 0 saturated heterocycles. The standard InChI is InChI=1S/C12H20N6/c1-4-18(6-5-13-9(2)3)12-10-11(15-7-14-10)16-8-17-12/h7-9,13H,4-6H2,1-3H3,(H,14,15,16,17). The number of nitrogens with zero attached hydrogens (tertiary/aromatic N) is 4. The maximum atomic E-state index is 4.36. The van der Waals surface area contributed by atoms with E-state index in [1.54, 1.807) is 12.7 Å². The van der Waals surface area contributed by atoms with Crippen molar-refractivity contribution in [1.82, 2.24) is 25.3 Å². The molecule has 0 fully saturated rings. The van der Waals surface area contributed by atoms with Crippen LogP contribution < -0.4 is 10.2 Å². The summed E-state index contributed by atoms with van der Waals surface area (Å²) in [4.78, 5) is 18.0. The van der Waals surface area contributed by atoms with E-state index in [-0.39, 0.29) is 0 Å². The van der Waals surface area contributed by atoms with E-state index in [4.69, 9.17) is 0 Å². The van der Waals surface area contributed by atoms with Gasteiger partial charge in [-0.2, -0.15) is 0 Å². The van der Waals surface area contributed by atoms with E-state index < -0.39 is 0 Å². The molecule has 0 saturated carbocycles. The van der Waals surface area contributed by atoms with Crippen molar-refractivity contribution in [2.24, 2.45) is 0 Å². The molecule has 0 bridgehead atoms. The lowest BCUT2D eigenvalue weighted by Crippen LogP contribution is -2.35. The third kappa shape index (κ3) is 2.76. The van der Waals surface area contributed by atoms with Crippen LogP contribution in [-0.4, -0.2) is 45.6 Å². The van der Waals surface area contributed by atoms with Gasteiger partial charge in [0.05, 0.1) is 6.33 Å². The molecule has 0 aliphatic carbocycles. The molecule has 0 atom stereocenters. The zero-order chi connectivity index (χ0) is 13.0. The molecule has 0 unspecified atom stereocenters. The second-order valence-electron chi connectivity index (χ2n) is 4.49. The largest absolute Gasteiger partial charge is 0.354 e. The fourth-order valence-corrected chi connectivity index (χ4v) is 1.89. The Hall–Kier alpha value is -1.69. The summed E-state index contributed by atoms with van der Waals surface area (Å²) < 4.78 is 0. The number of rotatable bonds is 6. The van der Waals surface area contributed by atoms with E-state index in [0.29, 0.717) is 6.04 Å². The van der Waals surface area contributed by atoms with Crippen LogP contribution in [0.4, 0.5) is 5.82 Å². The molecule has 0 aromatic carbocycles. The molecular weight excluding hydrogens is 228 g/mol. The van der Waals surface area contributed by atoms with Crippen LogP contribution in [0.5, 0.6) is 0 Å². The smallest absolute Gasteiger partial charge is 0.182 e. The Bertz CT molecular complexity index is 492. The Morgan fingerprint density at radius 1 is 1.33 bits per heavy atom. The number of fused-ring (bicyclic) bond motifs is 1. The van der Waals surface area contributed by atoms with Crippen LogP contribution in [0.3, 0.4) is 0 Å². The molecule has 0 amide bonds. The highest BCUT2D eigenvalue weighted by atomic mass is 15.2. The number of imidazole rings is 1. The quantitative estimate of drug-likeness (QED) is 0.803. The lowest BCUT2D eigenvalue weighted by atomic mass is 10.3. The number of anilines is 1. The van der Waals surface area contributed by atoms with Gasteiger partial charge in [-0.15, -0.1) is 0 Å². The topological polar surface area (TPSA) is 69.7 Å². The van der Waals surface area contributed by atoms with Crippen molar-refractivity contribution >= 4 is 17.0 Å². The number of hydrogen-bond donors (Lipinski definition) is 2. The average Bonchev–Trinajstić information content (AvgIpc) is 2.82. The molecule has 2 aromatic heterocycles. The van der Waals surface area contributed by atoms with E-state index in [1.807, 2.05) is 0 Å². The summed E-state index contributed by atoms with van der Waals surface area (Å²) in [5.41, 5.74) is 1.62. The van der Waals surface area contributed by atoms with Gasteiger partial charge in [-0.1, -0.05) is 13.8 Å². The maximum absolute atomic E-state index is 4.36. The van der Waals surface area contributed by atoms with Gasteiger partial charge >= 0.3 is 0 Å². The van der Waals surface area contributed by atoms with Crippen LogP contribution in [-0.2, 0) is 0 Å². The lowest BCUT2D eigenvalue weighted by molar-refractivity contribution is 0.582. The van der Waals surface area contributed by atoms with E-state index in [9.17, 15) is 0 Å². The van der Waals surface area contributed by atoms with E-state index in [2.05, 4.69) is 50.9 Å². The number of likely N-dealkylation sites (N-methyl/N-ethyl adjacent to an activating group) is 1. The fraction of sp³-hybridized carbons (Fsp3) is 0.583. The first-order chi connectivity index (χ1) is 8.72. The molecular formula is C12H20N6. The van der Waals surface area contributed by atoms with Gasteiger partial charge in [-0.3, -0.25) is 0 Å². The maximum Gasteiger partial charge on any atom is 0.182 e. The van der Waals surface area contributed by atoms with Crippen molar-refractivity contribution in [2.45, 2.75) is 26.8 Å².